The number of aromatic nitrogens is 2. The van der Waals surface area contributed by atoms with Crippen LogP contribution in [0.25, 0.3) is 0 Å². The van der Waals surface area contributed by atoms with Gasteiger partial charge in [-0.25, -0.2) is 9.37 Å². The Morgan fingerprint density at radius 2 is 2.28 bits per heavy atom. The Bertz CT molecular complexity index is 627. The van der Waals surface area contributed by atoms with Gasteiger partial charge in [0.05, 0.1) is 5.69 Å². The summed E-state index contributed by atoms with van der Waals surface area (Å²) in [6.07, 6.45) is 0. The smallest absolute Gasteiger partial charge is 0.251 e. The monoisotopic (exact) mass is 265 g/mol. The zero-order chi connectivity index (χ0) is 13.1. The molecular formula is C12H12FN3OS. The van der Waals surface area contributed by atoms with Gasteiger partial charge >= 0.3 is 0 Å². The van der Waals surface area contributed by atoms with Gasteiger partial charge in [-0.3, -0.25) is 4.79 Å². The third-order valence-corrected chi connectivity index (χ3v) is 3.24. The molecule has 94 valence electrons. The Hall–Kier alpha value is -1.82. The predicted octanol–water partition coefficient (Wildman–Crippen LogP) is 2.09. The molecule has 0 bridgehead atoms. The van der Waals surface area contributed by atoms with Crippen LogP contribution in [0.15, 0.2) is 34.2 Å². The lowest BCUT2D eigenvalue weighted by atomic mass is 10.2. The summed E-state index contributed by atoms with van der Waals surface area (Å²) < 4.78 is 13.6. The number of halogens is 1. The van der Waals surface area contributed by atoms with Crippen molar-refractivity contribution >= 4 is 17.4 Å². The summed E-state index contributed by atoms with van der Waals surface area (Å²) in [4.78, 5) is 18.0. The Kier molecular flexibility index (Phi) is 3.66. The van der Waals surface area contributed by atoms with Crippen molar-refractivity contribution in [2.75, 3.05) is 5.73 Å². The molecule has 0 radical (unpaired) electrons. The molecule has 0 fully saturated rings. The highest BCUT2D eigenvalue weighted by molar-refractivity contribution is 7.98. The van der Waals surface area contributed by atoms with E-state index >= 15 is 0 Å². The number of nitrogens with two attached hydrogens (primary N) is 1. The van der Waals surface area contributed by atoms with Crippen molar-refractivity contribution in [3.63, 3.8) is 0 Å². The van der Waals surface area contributed by atoms with Gasteiger partial charge in [0.25, 0.3) is 5.56 Å². The largest absolute Gasteiger partial charge is 0.396 e. The molecule has 2 aromatic rings. The molecule has 6 heteroatoms. The number of hydrogen-bond donors (Lipinski definition) is 2. The molecule has 4 nitrogen and oxygen atoms in total. The van der Waals surface area contributed by atoms with Crippen molar-refractivity contribution in [1.29, 1.82) is 0 Å². The highest BCUT2D eigenvalue weighted by Crippen LogP contribution is 2.23. The minimum absolute atomic E-state index is 0.124. The molecule has 0 amide bonds. The maximum absolute atomic E-state index is 13.6. The number of aromatic amines is 1. The fraction of sp³-hybridized carbons (Fsp3) is 0.167. The molecular weight excluding hydrogens is 253 g/mol. The number of nitrogens with zero attached hydrogens (tertiary/aromatic N) is 1. The number of nitrogen functional groups attached to an aromatic ring is 1. The highest BCUT2D eigenvalue weighted by Gasteiger charge is 2.07. The second-order valence-electron chi connectivity index (χ2n) is 3.80. The van der Waals surface area contributed by atoms with Crippen LogP contribution >= 0.6 is 11.8 Å². The summed E-state index contributed by atoms with van der Waals surface area (Å²) in [5, 5.41) is 0.474. The lowest BCUT2D eigenvalue weighted by Gasteiger charge is -2.05. The normalized spacial score (nSPS) is 10.6. The summed E-state index contributed by atoms with van der Waals surface area (Å²) in [6, 6.07) is 6.27. The molecule has 0 unspecified atom stereocenters. The SMILES string of the molecule is Cc1cc(=O)[nH]c(SCc2cccc(N)c2F)n1. The minimum Gasteiger partial charge on any atom is -0.396 e. The lowest BCUT2D eigenvalue weighted by molar-refractivity contribution is 0.622. The van der Waals surface area contributed by atoms with Crippen LogP contribution < -0.4 is 11.3 Å². The van der Waals surface area contributed by atoms with Gasteiger partial charge in [0.15, 0.2) is 5.16 Å². The van der Waals surface area contributed by atoms with Gasteiger partial charge < -0.3 is 10.7 Å². The number of benzene rings is 1. The van der Waals surface area contributed by atoms with E-state index in [2.05, 4.69) is 9.97 Å². The van der Waals surface area contributed by atoms with Gasteiger partial charge in [-0.05, 0) is 13.0 Å². The van der Waals surface area contributed by atoms with Crippen molar-refractivity contribution in [2.24, 2.45) is 0 Å². The number of anilines is 1. The second kappa shape index (κ2) is 5.22. The number of H-pyrrole nitrogens is 1. The molecule has 2 rings (SSSR count). The summed E-state index contributed by atoms with van der Waals surface area (Å²) in [7, 11) is 0. The van der Waals surface area contributed by atoms with Crippen LogP contribution in [-0.4, -0.2) is 9.97 Å². The Labute approximate surface area is 107 Å². The van der Waals surface area contributed by atoms with Crippen LogP contribution in [0.3, 0.4) is 0 Å². The standard InChI is InChI=1S/C12H12FN3OS/c1-7-5-10(17)16-12(15-7)18-6-8-3-2-4-9(14)11(8)13/h2-5H,6,14H2,1H3,(H,15,16,17). The van der Waals surface area contributed by atoms with E-state index in [1.807, 2.05) is 0 Å². The fourth-order valence-corrected chi connectivity index (χ4v) is 2.37. The van der Waals surface area contributed by atoms with Gasteiger partial charge in [0, 0.05) is 23.1 Å². The lowest BCUT2D eigenvalue weighted by Crippen LogP contribution is -2.08. The Balaban J connectivity index is 2.16. The van der Waals surface area contributed by atoms with Crippen molar-refractivity contribution in [1.82, 2.24) is 9.97 Å². The zero-order valence-electron chi connectivity index (χ0n) is 9.74. The van der Waals surface area contributed by atoms with Crippen LogP contribution in [0, 0.1) is 12.7 Å². The van der Waals surface area contributed by atoms with Gasteiger partial charge in [-0.1, -0.05) is 23.9 Å². The van der Waals surface area contributed by atoms with Crippen LogP contribution in [0.4, 0.5) is 10.1 Å². The molecule has 1 aromatic carbocycles. The zero-order valence-corrected chi connectivity index (χ0v) is 10.6. The first-order valence-electron chi connectivity index (χ1n) is 5.30. The summed E-state index contributed by atoms with van der Waals surface area (Å²) in [6.45, 7) is 1.74. The molecule has 0 aliphatic carbocycles. The number of nitrogens with one attached hydrogen (secondary N) is 1. The fourth-order valence-electron chi connectivity index (χ4n) is 1.48. The molecule has 18 heavy (non-hydrogen) atoms. The van der Waals surface area contributed by atoms with E-state index in [1.54, 1.807) is 19.1 Å². The summed E-state index contributed by atoms with van der Waals surface area (Å²) in [5.74, 6) is -0.0523. The van der Waals surface area contributed by atoms with E-state index in [1.165, 1.54) is 23.9 Å². The molecule has 3 N–H and O–H groups in total. The average molecular weight is 265 g/mol. The summed E-state index contributed by atoms with van der Waals surface area (Å²) in [5.41, 5.74) is 6.52. The van der Waals surface area contributed by atoms with Crippen LogP contribution in [0.5, 0.6) is 0 Å². The van der Waals surface area contributed by atoms with E-state index in [4.69, 9.17) is 5.73 Å². The van der Waals surface area contributed by atoms with Crippen molar-refractivity contribution in [3.05, 3.63) is 51.7 Å². The molecule has 1 heterocycles. The van der Waals surface area contributed by atoms with Crippen LogP contribution in [0.2, 0.25) is 0 Å². The topological polar surface area (TPSA) is 71.8 Å². The predicted molar refractivity (Wildman–Crippen MR) is 70.0 cm³/mol. The van der Waals surface area contributed by atoms with E-state index in [0.29, 0.717) is 22.2 Å². The average Bonchev–Trinajstić information content (AvgIpc) is 2.30. The molecule has 0 atom stereocenters. The first-order chi connectivity index (χ1) is 8.56. The van der Waals surface area contributed by atoms with E-state index < -0.39 is 5.82 Å². The van der Waals surface area contributed by atoms with Gasteiger partial charge in [-0.15, -0.1) is 0 Å². The first-order valence-corrected chi connectivity index (χ1v) is 6.28. The number of hydrogen-bond acceptors (Lipinski definition) is 4. The van der Waals surface area contributed by atoms with Crippen LogP contribution in [0.1, 0.15) is 11.3 Å². The van der Waals surface area contributed by atoms with Gasteiger partial charge in [0.1, 0.15) is 5.82 Å². The van der Waals surface area contributed by atoms with Crippen molar-refractivity contribution in [2.45, 2.75) is 17.8 Å². The maximum Gasteiger partial charge on any atom is 0.251 e. The summed E-state index contributed by atoms with van der Waals surface area (Å²) >= 11 is 1.26. The van der Waals surface area contributed by atoms with Gasteiger partial charge in [-0.2, -0.15) is 0 Å². The molecule has 0 spiro atoms. The molecule has 0 aliphatic rings. The molecule has 1 aromatic heterocycles. The third kappa shape index (κ3) is 2.89. The first kappa shape index (κ1) is 12.6. The molecule has 0 aliphatic heterocycles. The maximum atomic E-state index is 13.6. The van der Waals surface area contributed by atoms with E-state index in [0.717, 1.165) is 0 Å². The van der Waals surface area contributed by atoms with Crippen molar-refractivity contribution < 1.29 is 4.39 Å². The van der Waals surface area contributed by atoms with Crippen molar-refractivity contribution in [3.8, 4) is 0 Å². The Morgan fingerprint density at radius 1 is 1.50 bits per heavy atom. The number of aryl methyl sites for hydroxylation is 1. The molecule has 0 saturated carbocycles. The third-order valence-electron chi connectivity index (χ3n) is 2.32. The van der Waals surface area contributed by atoms with Crippen LogP contribution in [-0.2, 0) is 5.75 Å². The van der Waals surface area contributed by atoms with Gasteiger partial charge in [0.2, 0.25) is 0 Å². The quantitative estimate of drug-likeness (QED) is 0.506. The van der Waals surface area contributed by atoms with E-state index in [9.17, 15) is 9.18 Å². The Morgan fingerprint density at radius 3 is 3.00 bits per heavy atom. The molecule has 0 saturated heterocycles. The van der Waals surface area contributed by atoms with E-state index in [-0.39, 0.29) is 11.2 Å². The second-order valence-corrected chi connectivity index (χ2v) is 4.76. The number of rotatable bonds is 3. The highest BCUT2D eigenvalue weighted by atomic mass is 32.2. The minimum atomic E-state index is -0.417. The number of thioether (sulfide) groups is 1.